The molecule has 0 radical (unpaired) electrons. The number of rotatable bonds is 3. The predicted octanol–water partition coefficient (Wildman–Crippen LogP) is 2.45. The molecular weight excluding hydrogens is 195 g/mol. The number of hydrogen-bond acceptors (Lipinski definition) is 2. The van der Waals surface area contributed by atoms with Gasteiger partial charge in [-0.05, 0) is 17.5 Å². The van der Waals surface area contributed by atoms with Gasteiger partial charge in [-0.1, -0.05) is 13.0 Å². The first kappa shape index (κ1) is 10.1. The van der Waals surface area contributed by atoms with Crippen molar-refractivity contribution in [3.63, 3.8) is 0 Å². The minimum Gasteiger partial charge on any atom is -0.493 e. The highest BCUT2D eigenvalue weighted by molar-refractivity contribution is 5.52. The number of halogens is 1. The Morgan fingerprint density at radius 2 is 2.40 bits per heavy atom. The molecule has 0 fully saturated rings. The van der Waals surface area contributed by atoms with E-state index in [0.29, 0.717) is 36.3 Å². The molecule has 1 unspecified atom stereocenters. The van der Waals surface area contributed by atoms with E-state index in [4.69, 9.17) is 4.74 Å². The first-order valence-corrected chi connectivity index (χ1v) is 5.11. The molecule has 1 heterocycles. The van der Waals surface area contributed by atoms with Gasteiger partial charge in [-0.25, -0.2) is 4.39 Å². The molecule has 1 atom stereocenters. The van der Waals surface area contributed by atoms with Gasteiger partial charge >= 0.3 is 0 Å². The molecule has 0 spiro atoms. The fourth-order valence-corrected chi connectivity index (χ4v) is 1.90. The zero-order chi connectivity index (χ0) is 10.8. The Balaban J connectivity index is 2.37. The highest BCUT2D eigenvalue weighted by Gasteiger charge is 2.21. The molecule has 2 nitrogen and oxygen atoms in total. The van der Waals surface area contributed by atoms with Crippen molar-refractivity contribution in [1.82, 2.24) is 0 Å². The van der Waals surface area contributed by atoms with Crippen molar-refractivity contribution in [1.29, 1.82) is 0 Å². The van der Waals surface area contributed by atoms with E-state index in [1.165, 1.54) is 0 Å². The van der Waals surface area contributed by atoms with Crippen molar-refractivity contribution >= 4 is 6.29 Å². The predicted molar refractivity (Wildman–Crippen MR) is 54.7 cm³/mol. The molecule has 0 aromatic heterocycles. The van der Waals surface area contributed by atoms with Crippen LogP contribution in [0.15, 0.2) is 12.1 Å². The number of benzene rings is 1. The van der Waals surface area contributed by atoms with Crippen LogP contribution in [0.1, 0.15) is 30.4 Å². The Hall–Kier alpha value is -1.38. The maximum Gasteiger partial charge on any atom is 0.133 e. The van der Waals surface area contributed by atoms with E-state index in [1.807, 2.05) is 6.92 Å². The Morgan fingerprint density at radius 1 is 1.60 bits per heavy atom. The molecule has 0 aliphatic carbocycles. The van der Waals surface area contributed by atoms with Gasteiger partial charge in [-0.3, -0.25) is 0 Å². The van der Waals surface area contributed by atoms with Crippen LogP contribution in [0.5, 0.6) is 5.75 Å². The maximum absolute atomic E-state index is 14.0. The molecule has 80 valence electrons. The molecule has 0 amide bonds. The largest absolute Gasteiger partial charge is 0.493 e. The van der Waals surface area contributed by atoms with Crippen LogP contribution in [-0.4, -0.2) is 12.9 Å². The van der Waals surface area contributed by atoms with Gasteiger partial charge in [0.1, 0.15) is 17.9 Å². The summed E-state index contributed by atoms with van der Waals surface area (Å²) in [5, 5.41) is 0. The van der Waals surface area contributed by atoms with Crippen molar-refractivity contribution < 1.29 is 13.9 Å². The van der Waals surface area contributed by atoms with Crippen LogP contribution >= 0.6 is 0 Å². The third kappa shape index (κ3) is 1.74. The van der Waals surface area contributed by atoms with Crippen LogP contribution in [0.2, 0.25) is 0 Å². The standard InChI is InChI=1S/C12H13FO2/c1-8(4-6-14)9-2-3-11-10(12(9)13)5-7-15-11/h2-3,6,8H,4-5,7H2,1H3. The zero-order valence-corrected chi connectivity index (χ0v) is 8.63. The molecule has 0 bridgehead atoms. The van der Waals surface area contributed by atoms with E-state index in [2.05, 4.69) is 0 Å². The molecule has 0 saturated carbocycles. The van der Waals surface area contributed by atoms with Crippen LogP contribution in [0.25, 0.3) is 0 Å². The van der Waals surface area contributed by atoms with Gasteiger partial charge in [0.15, 0.2) is 0 Å². The Bertz CT molecular complexity index is 387. The van der Waals surface area contributed by atoms with Crippen molar-refractivity contribution in [3.8, 4) is 5.75 Å². The number of carbonyl (C=O) groups excluding carboxylic acids is 1. The van der Waals surface area contributed by atoms with Gasteiger partial charge in [0.2, 0.25) is 0 Å². The van der Waals surface area contributed by atoms with Crippen LogP contribution in [0, 0.1) is 5.82 Å². The summed E-state index contributed by atoms with van der Waals surface area (Å²) in [6.07, 6.45) is 1.81. The SMILES string of the molecule is CC(CC=O)c1ccc2c(c1F)CCO2. The average molecular weight is 208 g/mol. The fourth-order valence-electron chi connectivity index (χ4n) is 1.90. The number of aldehydes is 1. The second kappa shape index (κ2) is 4.01. The normalized spacial score (nSPS) is 15.6. The molecule has 1 aliphatic heterocycles. The van der Waals surface area contributed by atoms with Crippen molar-refractivity contribution in [2.24, 2.45) is 0 Å². The van der Waals surface area contributed by atoms with Crippen LogP contribution in [-0.2, 0) is 11.2 Å². The summed E-state index contributed by atoms with van der Waals surface area (Å²) in [6, 6.07) is 3.51. The van der Waals surface area contributed by atoms with Crippen molar-refractivity contribution in [3.05, 3.63) is 29.1 Å². The van der Waals surface area contributed by atoms with E-state index in [-0.39, 0.29) is 11.7 Å². The molecule has 0 saturated heterocycles. The van der Waals surface area contributed by atoms with E-state index < -0.39 is 0 Å². The van der Waals surface area contributed by atoms with Crippen molar-refractivity contribution in [2.75, 3.05) is 6.61 Å². The average Bonchev–Trinajstić information content (AvgIpc) is 2.67. The summed E-state index contributed by atoms with van der Waals surface area (Å²) in [7, 11) is 0. The summed E-state index contributed by atoms with van der Waals surface area (Å²) in [6.45, 7) is 2.41. The molecule has 0 N–H and O–H groups in total. The van der Waals surface area contributed by atoms with E-state index in [0.717, 1.165) is 6.29 Å². The Morgan fingerprint density at radius 3 is 3.13 bits per heavy atom. The second-order valence-corrected chi connectivity index (χ2v) is 3.85. The summed E-state index contributed by atoms with van der Waals surface area (Å²) in [4.78, 5) is 10.4. The smallest absolute Gasteiger partial charge is 0.133 e. The van der Waals surface area contributed by atoms with Crippen LogP contribution < -0.4 is 4.74 Å². The molecule has 2 rings (SSSR count). The number of ether oxygens (including phenoxy) is 1. The summed E-state index contributed by atoms with van der Waals surface area (Å²) >= 11 is 0. The van der Waals surface area contributed by atoms with E-state index in [9.17, 15) is 9.18 Å². The van der Waals surface area contributed by atoms with E-state index in [1.54, 1.807) is 12.1 Å². The quantitative estimate of drug-likeness (QED) is 0.713. The highest BCUT2D eigenvalue weighted by atomic mass is 19.1. The number of carbonyl (C=O) groups is 1. The summed E-state index contributed by atoms with van der Waals surface area (Å²) in [5.74, 6) is 0.391. The van der Waals surface area contributed by atoms with E-state index >= 15 is 0 Å². The number of fused-ring (bicyclic) bond motifs is 1. The number of hydrogen-bond donors (Lipinski definition) is 0. The molecule has 1 aliphatic rings. The molecule has 1 aromatic carbocycles. The lowest BCUT2D eigenvalue weighted by atomic mass is 9.95. The summed E-state index contributed by atoms with van der Waals surface area (Å²) < 4.78 is 19.2. The first-order valence-electron chi connectivity index (χ1n) is 5.11. The Kier molecular flexibility index (Phi) is 2.71. The third-order valence-corrected chi connectivity index (χ3v) is 2.82. The van der Waals surface area contributed by atoms with Gasteiger partial charge in [-0.15, -0.1) is 0 Å². The highest BCUT2D eigenvalue weighted by Crippen LogP contribution is 2.33. The van der Waals surface area contributed by atoms with Gasteiger partial charge in [-0.2, -0.15) is 0 Å². The van der Waals surface area contributed by atoms with Gasteiger partial charge < -0.3 is 9.53 Å². The maximum atomic E-state index is 14.0. The Labute approximate surface area is 88.1 Å². The third-order valence-electron chi connectivity index (χ3n) is 2.82. The molecule has 15 heavy (non-hydrogen) atoms. The molecule has 1 aromatic rings. The minimum absolute atomic E-state index is 0.0617. The zero-order valence-electron chi connectivity index (χ0n) is 8.63. The lowest BCUT2D eigenvalue weighted by Crippen LogP contribution is -2.00. The fraction of sp³-hybridized carbons (Fsp3) is 0.417. The van der Waals surface area contributed by atoms with Crippen molar-refractivity contribution in [2.45, 2.75) is 25.7 Å². The first-order chi connectivity index (χ1) is 7.24. The summed E-state index contributed by atoms with van der Waals surface area (Å²) in [5.41, 5.74) is 1.27. The van der Waals surface area contributed by atoms with Crippen LogP contribution in [0.4, 0.5) is 4.39 Å². The van der Waals surface area contributed by atoms with Gasteiger partial charge in [0.25, 0.3) is 0 Å². The lowest BCUT2D eigenvalue weighted by molar-refractivity contribution is -0.108. The van der Waals surface area contributed by atoms with Crippen LogP contribution in [0.3, 0.4) is 0 Å². The van der Waals surface area contributed by atoms with Gasteiger partial charge in [0.05, 0.1) is 6.61 Å². The van der Waals surface area contributed by atoms with Gasteiger partial charge in [0, 0.05) is 18.4 Å². The second-order valence-electron chi connectivity index (χ2n) is 3.85. The monoisotopic (exact) mass is 208 g/mol. The lowest BCUT2D eigenvalue weighted by Gasteiger charge is -2.11. The molecule has 3 heteroatoms. The molecular formula is C12H13FO2. The topological polar surface area (TPSA) is 26.3 Å². The minimum atomic E-state index is -0.195.